The van der Waals surface area contributed by atoms with E-state index in [2.05, 4.69) is 29.2 Å². The Morgan fingerprint density at radius 3 is 2.68 bits per heavy atom. The fourth-order valence-corrected chi connectivity index (χ4v) is 5.13. The maximum Gasteiger partial charge on any atom is 0.264 e. The highest BCUT2D eigenvalue weighted by molar-refractivity contribution is 7.12. The van der Waals surface area contributed by atoms with Crippen molar-refractivity contribution in [3.05, 3.63) is 68.1 Å². The van der Waals surface area contributed by atoms with E-state index in [0.29, 0.717) is 19.6 Å². The molecule has 0 bridgehead atoms. The van der Waals surface area contributed by atoms with Crippen LogP contribution < -0.4 is 5.56 Å². The number of aryl methyl sites for hydroxylation is 2. The van der Waals surface area contributed by atoms with Gasteiger partial charge in [0.25, 0.3) is 11.5 Å². The lowest BCUT2D eigenvalue weighted by atomic mass is 10.00. The monoisotopic (exact) mass is 393 g/mol. The SMILES string of the molecule is O=C(c1cccs1)N1CCN(Cc2cc3cccc4c3n(c2=O)CCC4)CC1. The van der Waals surface area contributed by atoms with Crippen LogP contribution in [0.25, 0.3) is 10.9 Å². The Labute approximate surface area is 167 Å². The Balaban J connectivity index is 1.34. The number of carbonyl (C=O) groups excluding carboxylic acids is 1. The zero-order chi connectivity index (χ0) is 19.1. The first-order valence-corrected chi connectivity index (χ1v) is 10.8. The van der Waals surface area contributed by atoms with E-state index in [-0.39, 0.29) is 11.5 Å². The average Bonchev–Trinajstić information content (AvgIpc) is 3.27. The van der Waals surface area contributed by atoms with Gasteiger partial charge in [0, 0.05) is 44.8 Å². The third-order valence-electron chi connectivity index (χ3n) is 5.88. The fraction of sp³-hybridized carbons (Fsp3) is 0.364. The van der Waals surface area contributed by atoms with E-state index in [9.17, 15) is 9.59 Å². The van der Waals surface area contributed by atoms with Crippen molar-refractivity contribution in [3.63, 3.8) is 0 Å². The molecule has 3 aromatic rings. The molecule has 144 valence electrons. The Kier molecular flexibility index (Phi) is 4.53. The quantitative estimate of drug-likeness (QED) is 0.687. The van der Waals surface area contributed by atoms with E-state index in [1.807, 2.05) is 27.0 Å². The molecule has 0 unspecified atom stereocenters. The van der Waals surface area contributed by atoms with Gasteiger partial charge in [-0.2, -0.15) is 0 Å². The Hall–Kier alpha value is -2.44. The maximum absolute atomic E-state index is 13.1. The normalized spacial score (nSPS) is 17.2. The van der Waals surface area contributed by atoms with E-state index in [1.165, 1.54) is 22.3 Å². The van der Waals surface area contributed by atoms with Gasteiger partial charge in [0.15, 0.2) is 0 Å². The number of pyridine rings is 1. The lowest BCUT2D eigenvalue weighted by Gasteiger charge is -2.34. The molecule has 5 rings (SSSR count). The molecule has 0 aliphatic carbocycles. The first-order valence-electron chi connectivity index (χ1n) is 9.90. The predicted octanol–water partition coefficient (Wildman–Crippen LogP) is 2.97. The van der Waals surface area contributed by atoms with Crippen LogP contribution in [0.1, 0.15) is 27.2 Å². The van der Waals surface area contributed by atoms with Gasteiger partial charge in [0.2, 0.25) is 0 Å². The molecule has 2 aliphatic heterocycles. The molecule has 0 N–H and O–H groups in total. The van der Waals surface area contributed by atoms with Gasteiger partial charge in [-0.3, -0.25) is 14.5 Å². The van der Waals surface area contributed by atoms with Crippen molar-refractivity contribution in [3.8, 4) is 0 Å². The van der Waals surface area contributed by atoms with E-state index >= 15 is 0 Å². The number of carbonyl (C=O) groups is 1. The molecule has 0 saturated carbocycles. The smallest absolute Gasteiger partial charge is 0.264 e. The van der Waals surface area contributed by atoms with E-state index in [4.69, 9.17) is 0 Å². The van der Waals surface area contributed by atoms with Gasteiger partial charge in [0.1, 0.15) is 0 Å². The second-order valence-corrected chi connectivity index (χ2v) is 8.58. The topological polar surface area (TPSA) is 45.6 Å². The van der Waals surface area contributed by atoms with Crippen LogP contribution in [0.3, 0.4) is 0 Å². The third kappa shape index (κ3) is 3.06. The van der Waals surface area contributed by atoms with Crippen LogP contribution in [0.5, 0.6) is 0 Å². The summed E-state index contributed by atoms with van der Waals surface area (Å²) in [4.78, 5) is 30.6. The lowest BCUT2D eigenvalue weighted by Crippen LogP contribution is -2.48. The van der Waals surface area contributed by atoms with E-state index < -0.39 is 0 Å². The van der Waals surface area contributed by atoms with Crippen LogP contribution in [-0.4, -0.2) is 46.5 Å². The molecule has 4 heterocycles. The van der Waals surface area contributed by atoms with Crippen molar-refractivity contribution in [1.29, 1.82) is 0 Å². The molecule has 1 amide bonds. The molecule has 1 fully saturated rings. The van der Waals surface area contributed by atoms with Gasteiger partial charge in [-0.1, -0.05) is 24.3 Å². The maximum atomic E-state index is 13.1. The number of piperazine rings is 1. The van der Waals surface area contributed by atoms with Crippen molar-refractivity contribution in [1.82, 2.24) is 14.4 Å². The molecule has 1 saturated heterocycles. The predicted molar refractivity (Wildman–Crippen MR) is 112 cm³/mol. The molecule has 0 radical (unpaired) electrons. The standard InChI is InChI=1S/C22H23N3O2S/c26-21-18(14-17-5-1-4-16-6-2-8-25(21)20(16)17)15-23-9-11-24(12-10-23)22(27)19-7-3-13-28-19/h1,3-5,7,13-14H,2,6,8-12,15H2. The second kappa shape index (κ2) is 7.18. The minimum atomic E-state index is 0.123. The van der Waals surface area contributed by atoms with Crippen LogP contribution in [0.15, 0.2) is 46.6 Å². The highest BCUT2D eigenvalue weighted by atomic mass is 32.1. The van der Waals surface area contributed by atoms with Crippen molar-refractivity contribution in [2.75, 3.05) is 26.2 Å². The zero-order valence-electron chi connectivity index (χ0n) is 15.8. The number of thiophene rings is 1. The number of para-hydroxylation sites is 1. The number of benzene rings is 1. The summed E-state index contributed by atoms with van der Waals surface area (Å²) < 4.78 is 1.97. The molecule has 0 spiro atoms. The first kappa shape index (κ1) is 17.6. The molecule has 28 heavy (non-hydrogen) atoms. The summed E-state index contributed by atoms with van der Waals surface area (Å²) in [5, 5.41) is 3.10. The van der Waals surface area contributed by atoms with Gasteiger partial charge >= 0.3 is 0 Å². The second-order valence-electron chi connectivity index (χ2n) is 7.63. The summed E-state index contributed by atoms with van der Waals surface area (Å²) in [6, 6.07) is 12.2. The third-order valence-corrected chi connectivity index (χ3v) is 6.74. The number of nitrogens with zero attached hydrogens (tertiary/aromatic N) is 3. The van der Waals surface area contributed by atoms with Gasteiger partial charge in [-0.05, 0) is 41.3 Å². The fourth-order valence-electron chi connectivity index (χ4n) is 4.44. The molecule has 6 heteroatoms. The molecule has 2 aromatic heterocycles. The minimum Gasteiger partial charge on any atom is -0.335 e. The van der Waals surface area contributed by atoms with E-state index in [0.717, 1.165) is 48.4 Å². The molecular formula is C22H23N3O2S. The van der Waals surface area contributed by atoms with Crippen LogP contribution in [0.2, 0.25) is 0 Å². The van der Waals surface area contributed by atoms with Gasteiger partial charge in [0.05, 0.1) is 10.4 Å². The lowest BCUT2D eigenvalue weighted by molar-refractivity contribution is 0.0632. The van der Waals surface area contributed by atoms with Gasteiger partial charge < -0.3 is 9.47 Å². The average molecular weight is 394 g/mol. The molecule has 1 aromatic carbocycles. The first-order chi connectivity index (χ1) is 13.7. The Bertz CT molecular complexity index is 1080. The van der Waals surface area contributed by atoms with Crippen molar-refractivity contribution in [2.24, 2.45) is 0 Å². The summed E-state index contributed by atoms with van der Waals surface area (Å²) >= 11 is 1.49. The summed E-state index contributed by atoms with van der Waals surface area (Å²) in [7, 11) is 0. The number of hydrogen-bond donors (Lipinski definition) is 0. The summed E-state index contributed by atoms with van der Waals surface area (Å²) in [5.74, 6) is 0.123. The van der Waals surface area contributed by atoms with Crippen LogP contribution >= 0.6 is 11.3 Å². The van der Waals surface area contributed by atoms with Gasteiger partial charge in [-0.25, -0.2) is 0 Å². The molecule has 2 aliphatic rings. The number of amides is 1. The highest BCUT2D eigenvalue weighted by Crippen LogP contribution is 2.24. The summed E-state index contributed by atoms with van der Waals surface area (Å²) in [6.45, 7) is 4.48. The van der Waals surface area contributed by atoms with Crippen molar-refractivity contribution in [2.45, 2.75) is 25.9 Å². The van der Waals surface area contributed by atoms with Crippen molar-refractivity contribution < 1.29 is 4.79 Å². The molecular weight excluding hydrogens is 370 g/mol. The van der Waals surface area contributed by atoms with Gasteiger partial charge in [-0.15, -0.1) is 11.3 Å². The number of hydrogen-bond acceptors (Lipinski definition) is 4. The largest absolute Gasteiger partial charge is 0.335 e. The minimum absolute atomic E-state index is 0.123. The van der Waals surface area contributed by atoms with Crippen molar-refractivity contribution >= 4 is 28.1 Å². The molecule has 0 atom stereocenters. The van der Waals surface area contributed by atoms with Crippen LogP contribution in [0, 0.1) is 0 Å². The Morgan fingerprint density at radius 1 is 1.04 bits per heavy atom. The summed E-state index contributed by atoms with van der Waals surface area (Å²) in [6.07, 6.45) is 2.08. The highest BCUT2D eigenvalue weighted by Gasteiger charge is 2.24. The van der Waals surface area contributed by atoms with E-state index in [1.54, 1.807) is 0 Å². The summed E-state index contributed by atoms with van der Waals surface area (Å²) in [5.41, 5.74) is 3.42. The Morgan fingerprint density at radius 2 is 1.89 bits per heavy atom. The van der Waals surface area contributed by atoms with Crippen LogP contribution in [-0.2, 0) is 19.5 Å². The number of rotatable bonds is 3. The molecule has 5 nitrogen and oxygen atoms in total. The van der Waals surface area contributed by atoms with Crippen LogP contribution in [0.4, 0.5) is 0 Å². The zero-order valence-corrected chi connectivity index (χ0v) is 16.6. The number of aromatic nitrogens is 1.